The van der Waals surface area contributed by atoms with Crippen molar-refractivity contribution in [2.75, 3.05) is 17.5 Å². The number of esters is 1. The first-order valence-corrected chi connectivity index (χ1v) is 13.8. The molecule has 0 atom stereocenters. The second-order valence-corrected chi connectivity index (χ2v) is 11.8. The minimum absolute atomic E-state index is 0.0494. The Balaban J connectivity index is 1.64. The Morgan fingerprint density at radius 3 is 2.18 bits per heavy atom. The van der Waals surface area contributed by atoms with Crippen LogP contribution in [-0.4, -0.2) is 45.3 Å². The molecule has 3 rings (SSSR count). The molecule has 0 aliphatic rings. The molecular weight excluding hydrogens is 542 g/mol. The quantitative estimate of drug-likeness (QED) is 0.214. The summed E-state index contributed by atoms with van der Waals surface area (Å²) < 4.78 is 38.4. The number of halogens is 1. The van der Waals surface area contributed by atoms with Gasteiger partial charge in [-0.2, -0.15) is 5.10 Å². The molecule has 11 heteroatoms. The summed E-state index contributed by atoms with van der Waals surface area (Å²) in [6.07, 6.45) is 1.40. The van der Waals surface area contributed by atoms with Crippen molar-refractivity contribution in [1.29, 1.82) is 0 Å². The van der Waals surface area contributed by atoms with Crippen molar-refractivity contribution in [1.82, 2.24) is 5.43 Å². The number of nitrogens with one attached hydrogen (secondary N) is 1. The van der Waals surface area contributed by atoms with E-state index in [1.807, 2.05) is 6.92 Å². The predicted octanol–water partition coefficient (Wildman–Crippen LogP) is 4.71. The number of benzene rings is 3. The van der Waals surface area contributed by atoms with E-state index < -0.39 is 34.0 Å². The average Bonchev–Trinajstić information content (AvgIpc) is 2.87. The number of hydrogen-bond donors (Lipinski definition) is 1. The van der Waals surface area contributed by atoms with E-state index in [1.54, 1.807) is 69.3 Å². The van der Waals surface area contributed by atoms with Crippen molar-refractivity contribution >= 4 is 45.4 Å². The van der Waals surface area contributed by atoms with Gasteiger partial charge in [0, 0.05) is 5.02 Å². The highest BCUT2D eigenvalue weighted by Gasteiger charge is 2.27. The summed E-state index contributed by atoms with van der Waals surface area (Å²) in [5.74, 6) is -0.663. The number of ether oxygens (including phenoxy) is 2. The molecule has 1 amide bonds. The van der Waals surface area contributed by atoms with Gasteiger partial charge in [0.25, 0.3) is 15.9 Å². The van der Waals surface area contributed by atoms with Crippen molar-refractivity contribution in [2.24, 2.45) is 5.10 Å². The molecular formula is C28H30ClN3O6S. The standard InChI is InChI=1S/C28H30ClN3O6S/c1-20-5-15-25(16-6-20)39(35,36)32(23-11-9-22(29)10-12-23)18-26(33)31-30-17-21-7-13-24(14-8-21)37-19-27(34)38-28(2,3)4/h5-17H,18-19H2,1-4H3,(H,31,33)/b30-17-. The molecule has 39 heavy (non-hydrogen) atoms. The van der Waals surface area contributed by atoms with Crippen LogP contribution in [0.3, 0.4) is 0 Å². The monoisotopic (exact) mass is 571 g/mol. The average molecular weight is 572 g/mol. The van der Waals surface area contributed by atoms with Crippen molar-refractivity contribution in [2.45, 2.75) is 38.2 Å². The number of hydrazone groups is 1. The van der Waals surface area contributed by atoms with Crippen molar-refractivity contribution in [3.05, 3.63) is 88.9 Å². The summed E-state index contributed by atoms with van der Waals surface area (Å²) in [7, 11) is -4.05. The minimum atomic E-state index is -4.05. The van der Waals surface area contributed by atoms with E-state index in [2.05, 4.69) is 10.5 Å². The maximum atomic E-state index is 13.4. The van der Waals surface area contributed by atoms with Gasteiger partial charge in [-0.1, -0.05) is 29.3 Å². The number of carbonyl (C=O) groups excluding carboxylic acids is 2. The smallest absolute Gasteiger partial charge is 0.344 e. The largest absolute Gasteiger partial charge is 0.482 e. The van der Waals surface area contributed by atoms with Gasteiger partial charge in [0.15, 0.2) is 6.61 Å². The third kappa shape index (κ3) is 9.12. The lowest BCUT2D eigenvalue weighted by atomic mass is 10.2. The molecule has 0 aliphatic carbocycles. The second-order valence-electron chi connectivity index (χ2n) is 9.54. The number of sulfonamides is 1. The van der Waals surface area contributed by atoms with Gasteiger partial charge in [-0.15, -0.1) is 0 Å². The van der Waals surface area contributed by atoms with Crippen LogP contribution in [0.15, 0.2) is 82.8 Å². The van der Waals surface area contributed by atoms with Crippen LogP contribution < -0.4 is 14.5 Å². The third-order valence-corrected chi connectivity index (χ3v) is 7.11. The zero-order valence-corrected chi connectivity index (χ0v) is 23.6. The zero-order valence-electron chi connectivity index (χ0n) is 22.0. The molecule has 0 fully saturated rings. The first-order valence-electron chi connectivity index (χ1n) is 11.9. The molecule has 0 radical (unpaired) electrons. The van der Waals surface area contributed by atoms with E-state index in [0.29, 0.717) is 16.3 Å². The van der Waals surface area contributed by atoms with Gasteiger partial charge in [0.1, 0.15) is 17.9 Å². The highest BCUT2D eigenvalue weighted by Crippen LogP contribution is 2.25. The molecule has 206 valence electrons. The van der Waals surface area contributed by atoms with E-state index >= 15 is 0 Å². The number of rotatable bonds is 10. The molecule has 9 nitrogen and oxygen atoms in total. The summed E-state index contributed by atoms with van der Waals surface area (Å²) >= 11 is 5.97. The summed E-state index contributed by atoms with van der Waals surface area (Å²) in [4.78, 5) is 24.5. The van der Waals surface area contributed by atoms with Crippen LogP contribution >= 0.6 is 11.6 Å². The van der Waals surface area contributed by atoms with Crippen LogP contribution in [0.25, 0.3) is 0 Å². The number of carbonyl (C=O) groups is 2. The summed E-state index contributed by atoms with van der Waals surface area (Å²) in [6, 6.07) is 19.1. The Labute approximate surface area is 233 Å². The van der Waals surface area contributed by atoms with E-state index in [1.165, 1.54) is 30.5 Å². The summed E-state index contributed by atoms with van der Waals surface area (Å²) in [6.45, 7) is 6.44. The van der Waals surface area contributed by atoms with Crippen LogP contribution in [0, 0.1) is 6.92 Å². The van der Waals surface area contributed by atoms with Gasteiger partial charge < -0.3 is 9.47 Å². The lowest BCUT2D eigenvalue weighted by Gasteiger charge is -2.23. The Morgan fingerprint density at radius 2 is 1.59 bits per heavy atom. The zero-order chi connectivity index (χ0) is 28.6. The molecule has 0 unspecified atom stereocenters. The van der Waals surface area contributed by atoms with Gasteiger partial charge in [0.2, 0.25) is 0 Å². The summed E-state index contributed by atoms with van der Waals surface area (Å²) in [5.41, 5.74) is 3.59. The SMILES string of the molecule is Cc1ccc(S(=O)(=O)N(CC(=O)N/N=C\c2ccc(OCC(=O)OC(C)(C)C)cc2)c2ccc(Cl)cc2)cc1. The number of aryl methyl sites for hydroxylation is 1. The third-order valence-electron chi connectivity index (χ3n) is 5.07. The number of nitrogens with zero attached hydrogens (tertiary/aromatic N) is 2. The topological polar surface area (TPSA) is 114 Å². The fourth-order valence-electron chi connectivity index (χ4n) is 3.27. The number of anilines is 1. The molecule has 0 saturated carbocycles. The first-order chi connectivity index (χ1) is 18.3. The van der Waals surface area contributed by atoms with Gasteiger partial charge >= 0.3 is 5.97 Å². The van der Waals surface area contributed by atoms with Gasteiger partial charge in [-0.05, 0) is 93.9 Å². The first kappa shape index (κ1) is 29.7. The highest BCUT2D eigenvalue weighted by molar-refractivity contribution is 7.92. The van der Waals surface area contributed by atoms with Crippen molar-refractivity contribution in [3.8, 4) is 5.75 Å². The number of hydrogen-bond acceptors (Lipinski definition) is 7. The fraction of sp³-hybridized carbons (Fsp3) is 0.250. The van der Waals surface area contributed by atoms with Gasteiger partial charge in [-0.25, -0.2) is 18.6 Å². The van der Waals surface area contributed by atoms with E-state index in [9.17, 15) is 18.0 Å². The van der Waals surface area contributed by atoms with Crippen molar-refractivity contribution < 1.29 is 27.5 Å². The second kappa shape index (κ2) is 12.8. The maximum Gasteiger partial charge on any atom is 0.344 e. The Hall–Kier alpha value is -3.89. The molecule has 0 saturated heterocycles. The Morgan fingerprint density at radius 1 is 0.974 bits per heavy atom. The Bertz CT molecular complexity index is 1420. The summed E-state index contributed by atoms with van der Waals surface area (Å²) in [5, 5.41) is 4.36. The van der Waals surface area contributed by atoms with Crippen LogP contribution in [0.4, 0.5) is 5.69 Å². The van der Waals surface area contributed by atoms with E-state index in [4.69, 9.17) is 21.1 Å². The molecule has 1 N–H and O–H groups in total. The van der Waals surface area contributed by atoms with Gasteiger partial charge in [-0.3, -0.25) is 9.10 Å². The predicted molar refractivity (Wildman–Crippen MR) is 151 cm³/mol. The van der Waals surface area contributed by atoms with Gasteiger partial charge in [0.05, 0.1) is 16.8 Å². The molecule has 0 spiro atoms. The normalized spacial score (nSPS) is 11.7. The molecule has 3 aromatic rings. The Kier molecular flexibility index (Phi) is 9.71. The van der Waals surface area contributed by atoms with E-state index in [0.717, 1.165) is 9.87 Å². The van der Waals surface area contributed by atoms with Crippen molar-refractivity contribution in [3.63, 3.8) is 0 Å². The minimum Gasteiger partial charge on any atom is -0.482 e. The molecule has 0 aliphatic heterocycles. The number of amides is 1. The van der Waals surface area contributed by atoms with Crippen LogP contribution in [0.5, 0.6) is 5.75 Å². The lowest BCUT2D eigenvalue weighted by molar-refractivity contribution is -0.157. The van der Waals surface area contributed by atoms with Crippen LogP contribution in [0.2, 0.25) is 5.02 Å². The lowest BCUT2D eigenvalue weighted by Crippen LogP contribution is -2.39. The molecule has 0 heterocycles. The molecule has 0 aromatic heterocycles. The van der Waals surface area contributed by atoms with Crippen LogP contribution in [-0.2, 0) is 24.3 Å². The molecule has 3 aromatic carbocycles. The highest BCUT2D eigenvalue weighted by atomic mass is 35.5. The fourth-order valence-corrected chi connectivity index (χ4v) is 4.81. The molecule has 0 bridgehead atoms. The van der Waals surface area contributed by atoms with Crippen LogP contribution in [0.1, 0.15) is 31.9 Å². The maximum absolute atomic E-state index is 13.4. The van der Waals surface area contributed by atoms with E-state index in [-0.39, 0.29) is 17.2 Å².